The number of hydrogen-bond acceptors (Lipinski definition) is 1. The van der Waals surface area contributed by atoms with E-state index in [0.717, 1.165) is 24.2 Å². The first-order valence-corrected chi connectivity index (χ1v) is 7.77. The number of carbonyl (C=O) groups is 1. The van der Waals surface area contributed by atoms with Crippen molar-refractivity contribution < 1.29 is 4.79 Å². The summed E-state index contributed by atoms with van der Waals surface area (Å²) in [7, 11) is 0. The van der Waals surface area contributed by atoms with Gasteiger partial charge in [-0.3, -0.25) is 4.79 Å². The summed E-state index contributed by atoms with van der Waals surface area (Å²) in [4.78, 5) is 12.3. The van der Waals surface area contributed by atoms with Crippen LogP contribution in [0.25, 0.3) is 0 Å². The van der Waals surface area contributed by atoms with Crippen molar-refractivity contribution >= 4 is 5.78 Å². The van der Waals surface area contributed by atoms with Crippen molar-refractivity contribution in [3.05, 3.63) is 0 Å². The van der Waals surface area contributed by atoms with Crippen LogP contribution in [0.2, 0.25) is 0 Å². The lowest BCUT2D eigenvalue weighted by Gasteiger charge is -2.46. The Morgan fingerprint density at radius 2 is 1.78 bits per heavy atom. The van der Waals surface area contributed by atoms with Crippen LogP contribution in [0.1, 0.15) is 66.7 Å². The SMILES string of the molecule is CC(=O)C1(C)CCC2C(C)(C)C3CC21CCC3C. The molecule has 0 aromatic rings. The zero-order valence-corrected chi connectivity index (χ0v) is 12.7. The largest absolute Gasteiger partial charge is 0.299 e. The van der Waals surface area contributed by atoms with Crippen LogP contribution in [0.3, 0.4) is 0 Å². The van der Waals surface area contributed by atoms with E-state index in [1.807, 2.05) is 6.92 Å². The van der Waals surface area contributed by atoms with Crippen molar-refractivity contribution in [2.24, 2.45) is 34.0 Å². The van der Waals surface area contributed by atoms with Gasteiger partial charge < -0.3 is 0 Å². The van der Waals surface area contributed by atoms with Crippen LogP contribution >= 0.6 is 0 Å². The molecule has 5 unspecified atom stereocenters. The summed E-state index contributed by atoms with van der Waals surface area (Å²) in [6.07, 6.45) is 6.38. The molecular weight excluding hydrogens is 220 g/mol. The Hall–Kier alpha value is -0.330. The maximum atomic E-state index is 12.3. The maximum absolute atomic E-state index is 12.3. The predicted octanol–water partition coefficient (Wildman–Crippen LogP) is 4.45. The molecule has 0 N–H and O–H groups in total. The highest BCUT2D eigenvalue weighted by Crippen LogP contribution is 2.76. The lowest BCUT2D eigenvalue weighted by molar-refractivity contribution is -0.134. The van der Waals surface area contributed by atoms with Crippen LogP contribution in [0.5, 0.6) is 0 Å². The third kappa shape index (κ3) is 1.17. The van der Waals surface area contributed by atoms with Gasteiger partial charge in [0.05, 0.1) is 0 Å². The Balaban J connectivity index is 2.11. The molecular formula is C17H28O. The Kier molecular flexibility index (Phi) is 2.40. The molecule has 3 fully saturated rings. The summed E-state index contributed by atoms with van der Waals surface area (Å²) < 4.78 is 0. The topological polar surface area (TPSA) is 17.1 Å². The van der Waals surface area contributed by atoms with E-state index in [9.17, 15) is 4.79 Å². The molecule has 1 heteroatoms. The molecule has 102 valence electrons. The third-order valence-corrected chi connectivity index (χ3v) is 7.65. The molecule has 0 aromatic carbocycles. The fraction of sp³-hybridized carbons (Fsp3) is 0.941. The molecule has 3 saturated carbocycles. The number of Topliss-reactive ketones (excluding diaryl/α,β-unsaturated/α-hetero) is 1. The second-order valence-corrected chi connectivity index (χ2v) is 8.28. The first kappa shape index (κ1) is 12.7. The second-order valence-electron chi connectivity index (χ2n) is 8.28. The van der Waals surface area contributed by atoms with Gasteiger partial charge in [-0.05, 0) is 67.6 Å². The molecule has 2 bridgehead atoms. The minimum absolute atomic E-state index is 0.0240. The van der Waals surface area contributed by atoms with E-state index in [-0.39, 0.29) is 5.41 Å². The van der Waals surface area contributed by atoms with E-state index in [1.54, 1.807) is 0 Å². The minimum Gasteiger partial charge on any atom is -0.299 e. The van der Waals surface area contributed by atoms with Crippen molar-refractivity contribution in [1.82, 2.24) is 0 Å². The van der Waals surface area contributed by atoms with Crippen LogP contribution in [-0.2, 0) is 4.79 Å². The molecule has 5 atom stereocenters. The molecule has 1 spiro atoms. The predicted molar refractivity (Wildman–Crippen MR) is 74.2 cm³/mol. The lowest BCUT2D eigenvalue weighted by Crippen LogP contribution is -2.44. The quantitative estimate of drug-likeness (QED) is 0.670. The van der Waals surface area contributed by atoms with Gasteiger partial charge in [0.15, 0.2) is 0 Å². The van der Waals surface area contributed by atoms with E-state index in [1.165, 1.54) is 25.7 Å². The molecule has 0 saturated heterocycles. The van der Waals surface area contributed by atoms with Gasteiger partial charge in [0.25, 0.3) is 0 Å². The summed E-state index contributed by atoms with van der Waals surface area (Å²) in [6, 6.07) is 0. The molecule has 1 nitrogen and oxygen atoms in total. The zero-order chi connectivity index (χ0) is 13.3. The van der Waals surface area contributed by atoms with Gasteiger partial charge in [0.2, 0.25) is 0 Å². The maximum Gasteiger partial charge on any atom is 0.136 e. The van der Waals surface area contributed by atoms with Gasteiger partial charge in [0.1, 0.15) is 5.78 Å². The fourth-order valence-corrected chi connectivity index (χ4v) is 6.41. The minimum atomic E-state index is -0.0240. The Bertz CT molecular complexity index is 396. The number of ketones is 1. The van der Waals surface area contributed by atoms with Crippen LogP contribution in [0.15, 0.2) is 0 Å². The van der Waals surface area contributed by atoms with Crippen molar-refractivity contribution in [3.8, 4) is 0 Å². The number of hydrogen-bond donors (Lipinski definition) is 0. The number of carbonyl (C=O) groups excluding carboxylic acids is 1. The van der Waals surface area contributed by atoms with E-state index < -0.39 is 0 Å². The summed E-state index contributed by atoms with van der Waals surface area (Å²) in [6.45, 7) is 11.5. The Morgan fingerprint density at radius 3 is 2.39 bits per heavy atom. The molecule has 0 heterocycles. The molecule has 0 aromatic heterocycles. The van der Waals surface area contributed by atoms with E-state index in [0.29, 0.717) is 16.6 Å². The summed E-state index contributed by atoms with van der Waals surface area (Å²) in [5.74, 6) is 2.94. The summed E-state index contributed by atoms with van der Waals surface area (Å²) in [5.41, 5.74) is 0.770. The fourth-order valence-electron chi connectivity index (χ4n) is 6.41. The van der Waals surface area contributed by atoms with Crippen LogP contribution in [-0.4, -0.2) is 5.78 Å². The molecule has 0 radical (unpaired) electrons. The summed E-state index contributed by atoms with van der Waals surface area (Å²) >= 11 is 0. The van der Waals surface area contributed by atoms with Crippen molar-refractivity contribution in [2.75, 3.05) is 0 Å². The highest BCUT2D eigenvalue weighted by molar-refractivity contribution is 5.83. The standard InChI is InChI=1S/C17H28O/c1-11-6-9-17-10-13(11)15(3,4)14(17)7-8-16(17,5)12(2)18/h11,13-14H,6-10H2,1-5H3. The van der Waals surface area contributed by atoms with E-state index >= 15 is 0 Å². The molecule has 3 aliphatic carbocycles. The van der Waals surface area contributed by atoms with E-state index in [2.05, 4.69) is 27.7 Å². The van der Waals surface area contributed by atoms with Crippen molar-refractivity contribution in [2.45, 2.75) is 66.7 Å². The first-order chi connectivity index (χ1) is 8.26. The van der Waals surface area contributed by atoms with Gasteiger partial charge in [-0.2, -0.15) is 0 Å². The molecule has 18 heavy (non-hydrogen) atoms. The molecule has 0 aliphatic heterocycles. The number of fused-ring (bicyclic) bond motifs is 1. The monoisotopic (exact) mass is 248 g/mol. The highest BCUT2D eigenvalue weighted by atomic mass is 16.1. The van der Waals surface area contributed by atoms with Gasteiger partial charge in [-0.15, -0.1) is 0 Å². The van der Waals surface area contributed by atoms with Crippen molar-refractivity contribution in [3.63, 3.8) is 0 Å². The van der Waals surface area contributed by atoms with E-state index in [4.69, 9.17) is 0 Å². The Labute approximate surface area is 112 Å². The van der Waals surface area contributed by atoms with Crippen LogP contribution in [0.4, 0.5) is 0 Å². The third-order valence-electron chi connectivity index (χ3n) is 7.65. The van der Waals surface area contributed by atoms with Gasteiger partial charge in [-0.1, -0.05) is 27.7 Å². The zero-order valence-electron chi connectivity index (χ0n) is 12.7. The van der Waals surface area contributed by atoms with Crippen LogP contribution < -0.4 is 0 Å². The van der Waals surface area contributed by atoms with Crippen molar-refractivity contribution in [1.29, 1.82) is 0 Å². The average molecular weight is 248 g/mol. The van der Waals surface area contributed by atoms with Gasteiger partial charge in [-0.25, -0.2) is 0 Å². The smallest absolute Gasteiger partial charge is 0.136 e. The number of rotatable bonds is 1. The highest BCUT2D eigenvalue weighted by Gasteiger charge is 2.70. The first-order valence-electron chi connectivity index (χ1n) is 7.77. The second kappa shape index (κ2) is 3.41. The summed E-state index contributed by atoms with van der Waals surface area (Å²) in [5, 5.41) is 0. The van der Waals surface area contributed by atoms with Crippen LogP contribution in [0, 0.1) is 34.0 Å². The van der Waals surface area contributed by atoms with Gasteiger partial charge >= 0.3 is 0 Å². The Morgan fingerprint density at radius 1 is 1.11 bits per heavy atom. The average Bonchev–Trinajstić information content (AvgIpc) is 2.67. The lowest BCUT2D eigenvalue weighted by atomic mass is 9.57. The normalized spacial score (nSPS) is 53.3. The molecule has 3 aliphatic rings. The molecule has 0 amide bonds. The molecule has 3 rings (SSSR count). The van der Waals surface area contributed by atoms with Gasteiger partial charge in [0, 0.05) is 5.41 Å².